The number of aryl methyl sites for hydroxylation is 3. The van der Waals surface area contributed by atoms with Crippen LogP contribution in [0.15, 0.2) is 103 Å². The highest BCUT2D eigenvalue weighted by atomic mass is 79.9. The minimum absolute atomic E-state index is 0. The van der Waals surface area contributed by atoms with E-state index >= 15 is 0 Å². The van der Waals surface area contributed by atoms with Crippen LogP contribution in [0, 0.1) is 26.2 Å². The molecule has 0 radical (unpaired) electrons. The summed E-state index contributed by atoms with van der Waals surface area (Å²) in [6.45, 7) is 9.99. The van der Waals surface area contributed by atoms with Crippen molar-refractivity contribution >= 4 is 40.8 Å². The number of carbonyl (C=O) groups is 2. The van der Waals surface area contributed by atoms with Crippen LogP contribution in [0.2, 0.25) is 0 Å². The standard InChI is InChI=1S/C49H58N2O6P.BrH/c1-8-47-27-11-29-51-30-28-48(43(47)51)40-26-19-36(55-6)32-41(40)50(5)44(48)49(54,46(53)56-7)45(47)57-42(52)12-9-10-31-58(37-20-13-33(2)14-21-37,38-22-15-34(3)16-23-38)39-24-17-35(4)18-25-39;/h11,13-27,32,43-45,54H,8-10,12,28-31H2,1-7H3;1H/q+1;/p-1/t43-,44+,45+,47+,48+,49-;/m0./s1. The first kappa shape index (κ1) is 43.1. The van der Waals surface area contributed by atoms with Gasteiger partial charge < -0.3 is 41.2 Å². The molecule has 4 aromatic rings. The van der Waals surface area contributed by atoms with Crippen LogP contribution in [0.25, 0.3) is 0 Å². The number of likely N-dealkylation sites (N-methyl/N-ethyl adjacent to an activating group) is 1. The van der Waals surface area contributed by atoms with E-state index in [1.54, 1.807) is 7.11 Å². The van der Waals surface area contributed by atoms with Gasteiger partial charge in [0.15, 0.2) is 6.10 Å². The lowest BCUT2D eigenvalue weighted by Crippen LogP contribution is -3.00. The fourth-order valence-electron chi connectivity index (χ4n) is 11.6. The largest absolute Gasteiger partial charge is 1.00 e. The molecule has 312 valence electrons. The Labute approximate surface area is 361 Å². The fraction of sp³-hybridized carbons (Fsp3) is 0.429. The predicted molar refractivity (Wildman–Crippen MR) is 234 cm³/mol. The Hall–Kier alpha value is -4.01. The highest BCUT2D eigenvalue weighted by Crippen LogP contribution is 2.67. The number of methoxy groups -OCH3 is 2. The van der Waals surface area contributed by atoms with Crippen LogP contribution in [0.5, 0.6) is 5.75 Å². The molecule has 3 heterocycles. The third-order valence-corrected chi connectivity index (χ3v) is 18.7. The van der Waals surface area contributed by atoms with Crippen molar-refractivity contribution in [2.75, 3.05) is 45.4 Å². The molecule has 0 aromatic heterocycles. The minimum atomic E-state index is -2.17. The maximum Gasteiger partial charge on any atom is 0.344 e. The number of benzene rings is 4. The lowest BCUT2D eigenvalue weighted by Gasteiger charge is -2.63. The van der Waals surface area contributed by atoms with Gasteiger partial charge in [0.25, 0.3) is 0 Å². The number of aliphatic hydroxyl groups is 1. The highest BCUT2D eigenvalue weighted by molar-refractivity contribution is 7.95. The van der Waals surface area contributed by atoms with Crippen LogP contribution in [0.1, 0.15) is 61.3 Å². The first-order valence-electron chi connectivity index (χ1n) is 20.8. The number of hydrogen-bond donors (Lipinski definition) is 1. The number of esters is 2. The first-order valence-corrected chi connectivity index (χ1v) is 22.8. The summed E-state index contributed by atoms with van der Waals surface area (Å²) in [7, 11) is 2.75. The van der Waals surface area contributed by atoms with E-state index in [2.05, 4.69) is 124 Å². The Balaban J connectivity index is 0.00000528. The fourth-order valence-corrected chi connectivity index (χ4v) is 15.9. The summed E-state index contributed by atoms with van der Waals surface area (Å²) >= 11 is 0. The number of nitrogens with zero attached hydrogens (tertiary/aromatic N) is 2. The SMILES string of the molecule is CC[C@]12C=CCN3CC[C@@]4(c5ccc(OC)cc5N(C)[C@H]4[C@@](O)(C(=O)OC)[C@@H]1OC(=O)CCCC[P+](c1ccc(C)cc1)(c1ccc(C)cc1)c1ccc(C)cc1)[C@@H]32.[Br-]. The Kier molecular flexibility index (Phi) is 12.0. The number of unbranched alkanes of at least 4 members (excludes halogenated alkanes) is 1. The van der Waals surface area contributed by atoms with Gasteiger partial charge in [0.1, 0.15) is 28.9 Å². The van der Waals surface area contributed by atoms with Gasteiger partial charge >= 0.3 is 11.9 Å². The molecule has 4 aliphatic rings. The van der Waals surface area contributed by atoms with Gasteiger partial charge in [-0.25, -0.2) is 4.79 Å². The van der Waals surface area contributed by atoms with E-state index in [-0.39, 0.29) is 29.4 Å². The molecule has 1 saturated heterocycles. The zero-order valence-electron chi connectivity index (χ0n) is 35.4. The molecule has 1 aliphatic carbocycles. The lowest BCUT2D eigenvalue weighted by molar-refractivity contribution is -0.229. The summed E-state index contributed by atoms with van der Waals surface area (Å²) in [5.74, 6) is -0.501. The molecule has 3 aliphatic heterocycles. The van der Waals surface area contributed by atoms with Crippen LogP contribution in [-0.4, -0.2) is 86.3 Å². The smallest absolute Gasteiger partial charge is 0.344 e. The monoisotopic (exact) mass is 880 g/mol. The number of carbonyl (C=O) groups excluding carboxylic acids is 2. The summed E-state index contributed by atoms with van der Waals surface area (Å²) in [5.41, 5.74) is 1.99. The lowest BCUT2D eigenvalue weighted by atomic mass is 9.47. The average molecular weight is 882 g/mol. The first-order chi connectivity index (χ1) is 27.9. The number of halogens is 1. The van der Waals surface area contributed by atoms with Gasteiger partial charge in [0.2, 0.25) is 5.60 Å². The van der Waals surface area contributed by atoms with Gasteiger partial charge in [-0.2, -0.15) is 0 Å². The van der Waals surface area contributed by atoms with Crippen molar-refractivity contribution in [1.82, 2.24) is 4.90 Å². The Morgan fingerprint density at radius 3 is 1.93 bits per heavy atom. The van der Waals surface area contributed by atoms with Gasteiger partial charge in [-0.15, -0.1) is 0 Å². The van der Waals surface area contributed by atoms with Crippen molar-refractivity contribution < 1.29 is 45.9 Å². The molecular formula is C49H58BrN2O6P. The van der Waals surface area contributed by atoms with Crippen molar-refractivity contribution in [2.45, 2.75) is 89.0 Å². The molecule has 1 saturated carbocycles. The molecule has 8 rings (SSSR count). The van der Waals surface area contributed by atoms with Crippen molar-refractivity contribution in [2.24, 2.45) is 5.41 Å². The molecule has 1 N–H and O–H groups in total. The Morgan fingerprint density at radius 2 is 1.41 bits per heavy atom. The van der Waals surface area contributed by atoms with E-state index in [1.807, 2.05) is 24.1 Å². The molecule has 1 spiro atoms. The van der Waals surface area contributed by atoms with E-state index in [0.717, 1.165) is 43.3 Å². The van der Waals surface area contributed by atoms with Crippen LogP contribution in [-0.2, 0) is 24.5 Å². The zero-order valence-corrected chi connectivity index (χ0v) is 37.9. The zero-order chi connectivity index (χ0) is 41.0. The molecule has 8 nitrogen and oxygen atoms in total. The molecule has 6 atom stereocenters. The molecule has 2 fully saturated rings. The van der Waals surface area contributed by atoms with Gasteiger partial charge in [0.05, 0.1) is 26.4 Å². The molecule has 59 heavy (non-hydrogen) atoms. The van der Waals surface area contributed by atoms with E-state index in [9.17, 15) is 14.7 Å². The summed E-state index contributed by atoms with van der Waals surface area (Å²) in [6.07, 6.45) is 6.78. The maximum absolute atomic E-state index is 14.4. The van der Waals surface area contributed by atoms with Gasteiger partial charge in [-0.3, -0.25) is 9.69 Å². The van der Waals surface area contributed by atoms with E-state index in [0.29, 0.717) is 18.6 Å². The highest BCUT2D eigenvalue weighted by Gasteiger charge is 2.80. The quantitative estimate of drug-likeness (QED) is 0.0999. The Bertz CT molecular complexity index is 2100. The summed E-state index contributed by atoms with van der Waals surface area (Å²) < 4.78 is 17.8. The molecule has 4 aromatic carbocycles. The van der Waals surface area contributed by atoms with Crippen molar-refractivity contribution in [1.29, 1.82) is 0 Å². The number of ether oxygens (including phenoxy) is 3. The second kappa shape index (κ2) is 16.5. The number of anilines is 1. The van der Waals surface area contributed by atoms with Crippen LogP contribution >= 0.6 is 7.26 Å². The third kappa shape index (κ3) is 6.57. The van der Waals surface area contributed by atoms with Crippen LogP contribution < -0.4 is 42.5 Å². The van der Waals surface area contributed by atoms with E-state index < -0.39 is 47.8 Å². The summed E-state index contributed by atoms with van der Waals surface area (Å²) in [4.78, 5) is 33.2. The molecular weight excluding hydrogens is 823 g/mol. The maximum atomic E-state index is 14.4. The minimum Gasteiger partial charge on any atom is -1.00 e. The van der Waals surface area contributed by atoms with Gasteiger partial charge in [0, 0.05) is 48.6 Å². The average Bonchev–Trinajstić information content (AvgIpc) is 3.75. The van der Waals surface area contributed by atoms with Gasteiger partial charge in [-0.05, 0) is 101 Å². The number of hydrogen-bond acceptors (Lipinski definition) is 8. The summed E-state index contributed by atoms with van der Waals surface area (Å²) in [5, 5.41) is 17.2. The second-order valence-electron chi connectivity index (χ2n) is 17.1. The van der Waals surface area contributed by atoms with Crippen LogP contribution in [0.4, 0.5) is 5.69 Å². The van der Waals surface area contributed by atoms with Crippen molar-refractivity contribution in [3.05, 3.63) is 125 Å². The Morgan fingerprint density at radius 1 is 0.831 bits per heavy atom. The third-order valence-electron chi connectivity index (χ3n) is 14.1. The second-order valence-corrected chi connectivity index (χ2v) is 20.8. The van der Waals surface area contributed by atoms with E-state index in [4.69, 9.17) is 14.2 Å². The van der Waals surface area contributed by atoms with Crippen LogP contribution in [0.3, 0.4) is 0 Å². The number of fused-ring (bicyclic) bond motifs is 1. The number of rotatable bonds is 12. The van der Waals surface area contributed by atoms with Gasteiger partial charge in [-0.1, -0.05) is 78.2 Å². The molecule has 0 amide bonds. The predicted octanol–water partition coefficient (Wildman–Crippen LogP) is 3.72. The molecule has 0 unspecified atom stereocenters. The van der Waals surface area contributed by atoms with Crippen molar-refractivity contribution in [3.8, 4) is 5.75 Å². The molecule has 0 bridgehead atoms. The van der Waals surface area contributed by atoms with E-state index in [1.165, 1.54) is 39.7 Å². The topological polar surface area (TPSA) is 88.5 Å². The van der Waals surface area contributed by atoms with Crippen molar-refractivity contribution in [3.63, 3.8) is 0 Å². The molecule has 10 heteroatoms. The summed E-state index contributed by atoms with van der Waals surface area (Å²) in [6, 6.07) is 32.2. The normalized spacial score (nSPS) is 26.6.